The molecule has 1 aromatic rings. The molecule has 2 heterocycles. The van der Waals surface area contributed by atoms with Crippen LogP contribution in [0, 0.1) is 10.1 Å². The smallest absolute Gasteiger partial charge is 0.276 e. The summed E-state index contributed by atoms with van der Waals surface area (Å²) < 4.78 is 0. The van der Waals surface area contributed by atoms with Gasteiger partial charge in [-0.3, -0.25) is 4.90 Å². The standard InChI is InChI=1S/C13H17ClN6O2/c1-3-6-18-9-17(2)10-19(13(18)16-20(21)22)8-11-4-5-12(14)15-7-11/h3-5,7H,1,6,8-10H2,2H3/b16-13+. The molecule has 0 spiro atoms. The van der Waals surface area contributed by atoms with E-state index in [0.717, 1.165) is 5.56 Å². The lowest BCUT2D eigenvalue weighted by Gasteiger charge is -2.41. The summed E-state index contributed by atoms with van der Waals surface area (Å²) in [6, 6.07) is 3.53. The van der Waals surface area contributed by atoms with E-state index in [4.69, 9.17) is 11.6 Å². The lowest BCUT2D eigenvalue weighted by Crippen LogP contribution is -2.57. The van der Waals surface area contributed by atoms with Crippen LogP contribution in [0.3, 0.4) is 0 Å². The quantitative estimate of drug-likeness (QED) is 0.353. The van der Waals surface area contributed by atoms with Crippen LogP contribution in [0.15, 0.2) is 36.1 Å². The molecule has 0 N–H and O–H groups in total. The second-order valence-corrected chi connectivity index (χ2v) is 5.36. The topological polar surface area (TPSA) is 78.1 Å². The predicted octanol–water partition coefficient (Wildman–Crippen LogP) is 1.43. The van der Waals surface area contributed by atoms with Crippen molar-refractivity contribution in [2.24, 2.45) is 5.10 Å². The molecule has 1 aromatic heterocycles. The van der Waals surface area contributed by atoms with Gasteiger partial charge in [0, 0.05) is 19.3 Å². The van der Waals surface area contributed by atoms with Crippen LogP contribution >= 0.6 is 11.6 Å². The summed E-state index contributed by atoms with van der Waals surface area (Å²) in [7, 11) is 1.94. The molecule has 22 heavy (non-hydrogen) atoms. The largest absolute Gasteiger partial charge is 0.321 e. The van der Waals surface area contributed by atoms with Crippen molar-refractivity contribution in [2.45, 2.75) is 6.54 Å². The molecular weight excluding hydrogens is 308 g/mol. The average molecular weight is 325 g/mol. The number of hydrogen-bond acceptors (Lipinski definition) is 4. The van der Waals surface area contributed by atoms with E-state index in [0.29, 0.717) is 37.5 Å². The highest BCUT2D eigenvalue weighted by Crippen LogP contribution is 2.14. The summed E-state index contributed by atoms with van der Waals surface area (Å²) in [5.41, 5.74) is 0.898. The third kappa shape index (κ3) is 4.15. The minimum Gasteiger partial charge on any atom is -0.321 e. The molecule has 0 radical (unpaired) electrons. The normalized spacial score (nSPS) is 17.8. The van der Waals surface area contributed by atoms with Crippen molar-refractivity contribution in [2.75, 3.05) is 26.9 Å². The van der Waals surface area contributed by atoms with Crippen molar-refractivity contribution < 1.29 is 5.03 Å². The van der Waals surface area contributed by atoms with Gasteiger partial charge in [0.1, 0.15) is 10.3 Å². The Hall–Kier alpha value is -2.19. The molecule has 0 aliphatic carbocycles. The van der Waals surface area contributed by atoms with Gasteiger partial charge in [-0.25, -0.2) is 15.1 Å². The van der Waals surface area contributed by atoms with Crippen LogP contribution in [0.2, 0.25) is 5.15 Å². The second kappa shape index (κ2) is 7.19. The van der Waals surface area contributed by atoms with Gasteiger partial charge < -0.3 is 9.80 Å². The number of pyridine rings is 1. The minimum absolute atomic E-state index is 0.318. The molecule has 8 nitrogen and oxygen atoms in total. The Balaban J connectivity index is 2.25. The molecule has 0 bridgehead atoms. The van der Waals surface area contributed by atoms with Gasteiger partial charge in [-0.2, -0.15) is 0 Å². The Morgan fingerprint density at radius 3 is 2.82 bits per heavy atom. The number of hydrazone groups is 1. The van der Waals surface area contributed by atoms with E-state index in [1.807, 2.05) is 22.9 Å². The van der Waals surface area contributed by atoms with Crippen LogP contribution in [0.4, 0.5) is 0 Å². The molecule has 1 aliphatic rings. The first-order valence-corrected chi connectivity index (χ1v) is 7.00. The van der Waals surface area contributed by atoms with Crippen LogP contribution in [0.1, 0.15) is 5.56 Å². The van der Waals surface area contributed by atoms with Gasteiger partial charge in [-0.05, 0) is 18.7 Å². The zero-order chi connectivity index (χ0) is 16.1. The molecule has 118 valence electrons. The van der Waals surface area contributed by atoms with Crippen molar-refractivity contribution in [3.8, 4) is 0 Å². The maximum atomic E-state index is 10.8. The fourth-order valence-corrected chi connectivity index (χ4v) is 2.40. The molecule has 0 saturated carbocycles. The van der Waals surface area contributed by atoms with Gasteiger partial charge in [-0.15, -0.1) is 6.58 Å². The third-order valence-corrected chi connectivity index (χ3v) is 3.30. The summed E-state index contributed by atoms with van der Waals surface area (Å²) in [5, 5.41) is 14.1. The molecule has 1 fully saturated rings. The zero-order valence-corrected chi connectivity index (χ0v) is 13.0. The predicted molar refractivity (Wildman–Crippen MR) is 83.6 cm³/mol. The summed E-state index contributed by atoms with van der Waals surface area (Å²) in [6.07, 6.45) is 3.34. The highest BCUT2D eigenvalue weighted by atomic mass is 35.5. The van der Waals surface area contributed by atoms with Crippen molar-refractivity contribution in [3.05, 3.63) is 51.8 Å². The Bertz CT molecular complexity index is 576. The van der Waals surface area contributed by atoms with Gasteiger partial charge in [0.15, 0.2) is 5.03 Å². The molecule has 0 unspecified atom stereocenters. The number of guanidine groups is 1. The zero-order valence-electron chi connectivity index (χ0n) is 12.2. The third-order valence-electron chi connectivity index (χ3n) is 3.07. The van der Waals surface area contributed by atoms with Gasteiger partial charge in [0.2, 0.25) is 0 Å². The molecule has 1 aliphatic heterocycles. The summed E-state index contributed by atoms with van der Waals surface area (Å²) in [5.74, 6) is 0.318. The SMILES string of the molecule is C=CCN1CN(C)CN(Cc2ccc(Cl)nc2)/C1=N/[N+](=O)[O-]. The number of rotatable bonds is 5. The second-order valence-electron chi connectivity index (χ2n) is 4.97. The van der Waals surface area contributed by atoms with E-state index in [-0.39, 0.29) is 0 Å². The first kappa shape index (κ1) is 16.2. The maximum absolute atomic E-state index is 10.8. The first-order valence-electron chi connectivity index (χ1n) is 6.62. The van der Waals surface area contributed by atoms with Crippen LogP contribution < -0.4 is 0 Å². The summed E-state index contributed by atoms with van der Waals surface area (Å²) in [6.45, 7) is 5.70. The van der Waals surface area contributed by atoms with Crippen LogP contribution in [0.5, 0.6) is 0 Å². The van der Waals surface area contributed by atoms with E-state index >= 15 is 0 Å². The molecule has 1 saturated heterocycles. The van der Waals surface area contributed by atoms with Crippen LogP contribution in [0.25, 0.3) is 0 Å². The molecule has 0 aromatic carbocycles. The van der Waals surface area contributed by atoms with E-state index in [1.54, 1.807) is 23.2 Å². The van der Waals surface area contributed by atoms with Gasteiger partial charge in [0.25, 0.3) is 5.96 Å². The van der Waals surface area contributed by atoms with Gasteiger partial charge in [0.05, 0.1) is 13.3 Å². The average Bonchev–Trinajstić information content (AvgIpc) is 2.45. The lowest BCUT2D eigenvalue weighted by molar-refractivity contribution is -0.486. The van der Waals surface area contributed by atoms with Crippen LogP contribution in [-0.4, -0.2) is 57.6 Å². The number of aromatic nitrogens is 1. The highest BCUT2D eigenvalue weighted by Gasteiger charge is 2.29. The Labute approximate surface area is 133 Å². The number of nitro groups is 1. The van der Waals surface area contributed by atoms with E-state index < -0.39 is 5.03 Å². The van der Waals surface area contributed by atoms with E-state index in [2.05, 4.69) is 16.7 Å². The Morgan fingerprint density at radius 2 is 2.23 bits per heavy atom. The first-order chi connectivity index (χ1) is 10.5. The van der Waals surface area contributed by atoms with E-state index in [1.165, 1.54) is 0 Å². The summed E-state index contributed by atoms with van der Waals surface area (Å²) >= 11 is 5.77. The molecular formula is C13H17ClN6O2. The van der Waals surface area contributed by atoms with E-state index in [9.17, 15) is 10.1 Å². The molecule has 0 atom stereocenters. The monoisotopic (exact) mass is 324 g/mol. The Morgan fingerprint density at radius 1 is 1.50 bits per heavy atom. The number of halogens is 1. The van der Waals surface area contributed by atoms with Crippen molar-refractivity contribution in [1.82, 2.24) is 19.7 Å². The fourth-order valence-electron chi connectivity index (χ4n) is 2.29. The maximum Gasteiger partial charge on any atom is 0.276 e. The van der Waals surface area contributed by atoms with Crippen LogP contribution in [-0.2, 0) is 6.54 Å². The Kier molecular flexibility index (Phi) is 5.29. The van der Waals surface area contributed by atoms with Gasteiger partial charge in [-0.1, -0.05) is 23.7 Å². The number of hydrogen-bond donors (Lipinski definition) is 0. The molecule has 0 amide bonds. The van der Waals surface area contributed by atoms with Crippen molar-refractivity contribution >= 4 is 17.6 Å². The van der Waals surface area contributed by atoms with Gasteiger partial charge >= 0.3 is 0 Å². The molecule has 2 rings (SSSR count). The minimum atomic E-state index is -0.677. The van der Waals surface area contributed by atoms with Crippen molar-refractivity contribution in [1.29, 1.82) is 0 Å². The summed E-state index contributed by atoms with van der Waals surface area (Å²) in [4.78, 5) is 20.5. The van der Waals surface area contributed by atoms with Crippen molar-refractivity contribution in [3.63, 3.8) is 0 Å². The highest BCUT2D eigenvalue weighted by molar-refractivity contribution is 6.29. The fraction of sp³-hybridized carbons (Fsp3) is 0.385. The molecule has 9 heteroatoms. The lowest BCUT2D eigenvalue weighted by atomic mass is 10.2. The number of nitrogens with zero attached hydrogens (tertiary/aromatic N) is 6.